The molecule has 47 heavy (non-hydrogen) atoms. The standard InChI is InChI=1S/C36H27BrF2N2O5S/c1-3-45-35(43)30-31(22-9-5-4-6-10-22)40-36-41(32(30)23-13-15-25(38)16-14-23)34(42)29(47-36)19-21-17-26(37)33(28(18-21)44-2)46-20-24-11-7-8-12-27(24)39/h4-19,32H,3,20H2,1-2H3/t32-/m1/s1. The Hall–Kier alpha value is -4.87. The molecule has 0 amide bonds. The van der Waals surface area contributed by atoms with Crippen molar-refractivity contribution in [3.63, 3.8) is 0 Å². The first-order valence-corrected chi connectivity index (χ1v) is 16.2. The first-order valence-electron chi connectivity index (χ1n) is 14.6. The second-order valence-electron chi connectivity index (χ2n) is 10.4. The Morgan fingerprint density at radius 1 is 1.02 bits per heavy atom. The first kappa shape index (κ1) is 32.1. The van der Waals surface area contributed by atoms with Gasteiger partial charge in [0, 0.05) is 11.1 Å². The third-order valence-corrected chi connectivity index (χ3v) is 9.01. The lowest BCUT2D eigenvalue weighted by Crippen LogP contribution is -2.40. The van der Waals surface area contributed by atoms with Gasteiger partial charge in [0.15, 0.2) is 16.3 Å². The summed E-state index contributed by atoms with van der Waals surface area (Å²) in [5.74, 6) is -0.715. The van der Waals surface area contributed by atoms with Gasteiger partial charge in [0.05, 0.1) is 40.0 Å². The summed E-state index contributed by atoms with van der Waals surface area (Å²) in [6.07, 6.45) is 1.69. The van der Waals surface area contributed by atoms with E-state index in [0.717, 1.165) is 11.3 Å². The highest BCUT2D eigenvalue weighted by atomic mass is 79.9. The highest BCUT2D eigenvalue weighted by molar-refractivity contribution is 9.10. The average Bonchev–Trinajstić information content (AvgIpc) is 3.38. The van der Waals surface area contributed by atoms with Gasteiger partial charge < -0.3 is 14.2 Å². The third-order valence-electron chi connectivity index (χ3n) is 7.44. The van der Waals surface area contributed by atoms with Gasteiger partial charge in [-0.15, -0.1) is 0 Å². The van der Waals surface area contributed by atoms with Crippen molar-refractivity contribution in [2.75, 3.05) is 13.7 Å². The molecule has 0 saturated carbocycles. The van der Waals surface area contributed by atoms with Crippen molar-refractivity contribution in [3.8, 4) is 11.5 Å². The van der Waals surface area contributed by atoms with Gasteiger partial charge in [-0.05, 0) is 70.4 Å². The van der Waals surface area contributed by atoms with Gasteiger partial charge in [-0.3, -0.25) is 9.36 Å². The van der Waals surface area contributed by atoms with Crippen LogP contribution in [-0.4, -0.2) is 24.3 Å². The molecule has 4 aromatic carbocycles. The Morgan fingerprint density at radius 3 is 2.45 bits per heavy atom. The molecule has 1 atom stereocenters. The number of carbonyl (C=O) groups excluding carboxylic acids is 1. The summed E-state index contributed by atoms with van der Waals surface area (Å²) in [5.41, 5.74) is 2.33. The van der Waals surface area contributed by atoms with Gasteiger partial charge >= 0.3 is 5.97 Å². The van der Waals surface area contributed by atoms with E-state index in [1.165, 1.54) is 29.9 Å². The number of esters is 1. The maximum Gasteiger partial charge on any atom is 0.338 e. The van der Waals surface area contributed by atoms with Crippen LogP contribution in [0.2, 0.25) is 0 Å². The number of benzene rings is 4. The summed E-state index contributed by atoms with van der Waals surface area (Å²) in [6, 6.07) is 23.7. The smallest absolute Gasteiger partial charge is 0.338 e. The molecule has 0 N–H and O–H groups in total. The van der Waals surface area contributed by atoms with E-state index in [2.05, 4.69) is 15.9 Å². The molecule has 0 spiro atoms. The maximum atomic E-state index is 14.2. The zero-order chi connectivity index (χ0) is 33.1. The van der Waals surface area contributed by atoms with Crippen LogP contribution in [0.1, 0.15) is 35.2 Å². The number of carbonyl (C=O) groups is 1. The second kappa shape index (κ2) is 13.9. The summed E-state index contributed by atoms with van der Waals surface area (Å²) in [5, 5.41) is 0. The van der Waals surface area contributed by atoms with E-state index >= 15 is 0 Å². The Labute approximate surface area is 280 Å². The molecule has 1 aromatic heterocycles. The van der Waals surface area contributed by atoms with E-state index in [0.29, 0.717) is 53.3 Å². The minimum atomic E-state index is -0.932. The van der Waals surface area contributed by atoms with Gasteiger partial charge in [-0.2, -0.15) is 0 Å². The number of methoxy groups -OCH3 is 1. The Bertz CT molecular complexity index is 2180. The predicted octanol–water partition coefficient (Wildman–Crippen LogP) is 6.56. The predicted molar refractivity (Wildman–Crippen MR) is 179 cm³/mol. The molecule has 0 fully saturated rings. The van der Waals surface area contributed by atoms with Gasteiger partial charge in [0.1, 0.15) is 18.2 Å². The zero-order valence-electron chi connectivity index (χ0n) is 25.2. The lowest BCUT2D eigenvalue weighted by molar-refractivity contribution is -0.138. The number of thiazole rings is 1. The zero-order valence-corrected chi connectivity index (χ0v) is 27.6. The van der Waals surface area contributed by atoms with E-state index in [1.807, 2.05) is 30.3 Å². The highest BCUT2D eigenvalue weighted by Crippen LogP contribution is 2.38. The van der Waals surface area contributed by atoms with Crippen molar-refractivity contribution in [2.45, 2.75) is 19.6 Å². The van der Waals surface area contributed by atoms with Crippen LogP contribution < -0.4 is 24.4 Å². The number of aromatic nitrogens is 1. The quantitative estimate of drug-likeness (QED) is 0.162. The number of halogens is 3. The minimum Gasteiger partial charge on any atom is -0.493 e. The van der Waals surface area contributed by atoms with E-state index in [9.17, 15) is 18.4 Å². The molecule has 0 unspecified atom stereocenters. The molecular weight excluding hydrogens is 690 g/mol. The SMILES string of the molecule is CCOC(=O)C1=C(c2ccccc2)N=c2sc(=Cc3cc(Br)c(OCc4ccccc4F)c(OC)c3)c(=O)n2[C@@H]1c1ccc(F)cc1. The van der Waals surface area contributed by atoms with Gasteiger partial charge in [0.25, 0.3) is 5.56 Å². The van der Waals surface area contributed by atoms with Crippen molar-refractivity contribution in [1.29, 1.82) is 0 Å². The van der Waals surface area contributed by atoms with Crippen LogP contribution >= 0.6 is 27.3 Å². The molecule has 2 heterocycles. The van der Waals surface area contributed by atoms with Crippen molar-refractivity contribution < 1.29 is 27.8 Å². The molecule has 6 rings (SSSR count). The summed E-state index contributed by atoms with van der Waals surface area (Å²) in [7, 11) is 1.49. The first-order chi connectivity index (χ1) is 22.8. The lowest BCUT2D eigenvalue weighted by Gasteiger charge is -2.25. The normalized spacial score (nSPS) is 14.4. The fourth-order valence-electron chi connectivity index (χ4n) is 5.28. The van der Waals surface area contributed by atoms with Crippen LogP contribution in [0.15, 0.2) is 111 Å². The number of fused-ring (bicyclic) bond motifs is 1. The Kier molecular flexibility index (Phi) is 9.46. The van der Waals surface area contributed by atoms with Crippen molar-refractivity contribution in [3.05, 3.63) is 155 Å². The van der Waals surface area contributed by atoms with Crippen LogP contribution in [0.4, 0.5) is 8.78 Å². The molecule has 0 radical (unpaired) electrons. The fraction of sp³-hybridized carbons (Fsp3) is 0.139. The van der Waals surface area contributed by atoms with Crippen LogP contribution in [0.3, 0.4) is 0 Å². The molecule has 7 nitrogen and oxygen atoms in total. The van der Waals surface area contributed by atoms with Gasteiger partial charge in [-0.25, -0.2) is 18.6 Å². The van der Waals surface area contributed by atoms with E-state index in [4.69, 9.17) is 19.2 Å². The fourth-order valence-corrected chi connectivity index (χ4v) is 6.86. The van der Waals surface area contributed by atoms with E-state index in [-0.39, 0.29) is 24.6 Å². The monoisotopic (exact) mass is 716 g/mol. The van der Waals surface area contributed by atoms with Crippen LogP contribution in [0.5, 0.6) is 11.5 Å². The molecular formula is C36H27BrF2N2O5S. The Balaban J connectivity index is 1.49. The van der Waals surface area contributed by atoms with Crippen molar-refractivity contribution in [2.24, 2.45) is 4.99 Å². The highest BCUT2D eigenvalue weighted by Gasteiger charge is 2.35. The second-order valence-corrected chi connectivity index (χ2v) is 12.3. The van der Waals surface area contributed by atoms with Gasteiger partial charge in [-0.1, -0.05) is 72.0 Å². The van der Waals surface area contributed by atoms with E-state index in [1.54, 1.807) is 55.5 Å². The number of hydrogen-bond donors (Lipinski definition) is 0. The largest absolute Gasteiger partial charge is 0.493 e. The summed E-state index contributed by atoms with van der Waals surface area (Å²) < 4.78 is 47.5. The molecule has 0 bridgehead atoms. The van der Waals surface area contributed by atoms with Gasteiger partial charge in [0.2, 0.25) is 0 Å². The number of rotatable bonds is 9. The van der Waals surface area contributed by atoms with Crippen molar-refractivity contribution >= 4 is 45.0 Å². The Morgan fingerprint density at radius 2 is 1.74 bits per heavy atom. The lowest BCUT2D eigenvalue weighted by atomic mass is 9.93. The maximum absolute atomic E-state index is 14.2. The molecule has 238 valence electrons. The molecule has 0 aliphatic carbocycles. The summed E-state index contributed by atoms with van der Waals surface area (Å²) >= 11 is 4.69. The summed E-state index contributed by atoms with van der Waals surface area (Å²) in [6.45, 7) is 1.79. The van der Waals surface area contributed by atoms with Crippen LogP contribution in [0, 0.1) is 11.6 Å². The molecule has 1 aliphatic rings. The van der Waals surface area contributed by atoms with Crippen LogP contribution in [0.25, 0.3) is 11.8 Å². The van der Waals surface area contributed by atoms with Crippen LogP contribution in [-0.2, 0) is 16.1 Å². The summed E-state index contributed by atoms with van der Waals surface area (Å²) in [4.78, 5) is 32.9. The van der Waals surface area contributed by atoms with Crippen molar-refractivity contribution in [1.82, 2.24) is 4.57 Å². The van der Waals surface area contributed by atoms with E-state index < -0.39 is 23.4 Å². The average molecular weight is 718 g/mol. The molecule has 11 heteroatoms. The molecule has 1 aliphatic heterocycles. The molecule has 5 aromatic rings. The molecule has 0 saturated heterocycles. The third kappa shape index (κ3) is 6.54. The minimum absolute atomic E-state index is 0.0183. The number of ether oxygens (including phenoxy) is 3. The number of nitrogens with zero attached hydrogens (tertiary/aromatic N) is 2. The topological polar surface area (TPSA) is 79.1 Å². The number of hydrogen-bond acceptors (Lipinski definition) is 7.